The van der Waals surface area contributed by atoms with E-state index in [9.17, 15) is 0 Å². The highest BCUT2D eigenvalue weighted by Crippen LogP contribution is 2.18. The van der Waals surface area contributed by atoms with E-state index in [-0.39, 0.29) is 0 Å². The molecular weight excluding hydrogens is 224 g/mol. The van der Waals surface area contributed by atoms with Crippen LogP contribution in [0.15, 0.2) is 12.3 Å². The molecule has 2 rings (SSSR count). The minimum atomic E-state index is 0.833. The molecule has 2 aliphatic rings. The second-order valence-electron chi connectivity index (χ2n) is 5.63. The molecule has 104 valence electrons. The van der Waals surface area contributed by atoms with Gasteiger partial charge in [-0.25, -0.2) is 0 Å². The third-order valence-electron chi connectivity index (χ3n) is 4.36. The Morgan fingerprint density at radius 2 is 1.72 bits per heavy atom. The fourth-order valence-corrected chi connectivity index (χ4v) is 3.05. The Kier molecular flexibility index (Phi) is 5.47. The highest BCUT2D eigenvalue weighted by molar-refractivity contribution is 4.84. The second kappa shape index (κ2) is 7.12. The Balaban J connectivity index is 1.66. The summed E-state index contributed by atoms with van der Waals surface area (Å²) in [5.74, 6) is 0. The van der Waals surface area contributed by atoms with Crippen molar-refractivity contribution in [3.8, 4) is 0 Å². The minimum absolute atomic E-state index is 0.833. The fourth-order valence-electron chi connectivity index (χ4n) is 3.05. The van der Waals surface area contributed by atoms with Gasteiger partial charge in [0.2, 0.25) is 0 Å². The summed E-state index contributed by atoms with van der Waals surface area (Å²) in [6, 6.07) is 0.833. The van der Waals surface area contributed by atoms with Gasteiger partial charge in [-0.05, 0) is 45.6 Å². The van der Waals surface area contributed by atoms with Crippen molar-refractivity contribution in [2.75, 3.05) is 52.9 Å². The Bertz CT molecular complexity index is 251. The summed E-state index contributed by atoms with van der Waals surface area (Å²) in [6.07, 6.45) is 7.51. The number of likely N-dealkylation sites (N-methyl/N-ethyl adjacent to an activating group) is 1. The number of nitrogens with zero attached hydrogens (tertiary/aromatic N) is 3. The molecule has 0 aliphatic carbocycles. The van der Waals surface area contributed by atoms with Gasteiger partial charge in [-0.1, -0.05) is 6.08 Å². The first-order valence-electron chi connectivity index (χ1n) is 7.31. The second-order valence-corrected chi connectivity index (χ2v) is 5.63. The van der Waals surface area contributed by atoms with Crippen molar-refractivity contribution in [1.82, 2.24) is 14.7 Å². The van der Waals surface area contributed by atoms with Gasteiger partial charge in [0.15, 0.2) is 0 Å². The van der Waals surface area contributed by atoms with Crippen LogP contribution in [-0.4, -0.2) is 73.6 Å². The Hall–Kier alpha value is -0.580. The summed E-state index contributed by atoms with van der Waals surface area (Å²) in [5, 5.41) is 0. The van der Waals surface area contributed by atoms with E-state index in [4.69, 9.17) is 5.73 Å². The van der Waals surface area contributed by atoms with Crippen molar-refractivity contribution in [1.29, 1.82) is 0 Å². The normalized spacial score (nSPS) is 26.1. The van der Waals surface area contributed by atoms with E-state index in [2.05, 4.69) is 27.8 Å². The van der Waals surface area contributed by atoms with Crippen LogP contribution in [0.25, 0.3) is 0 Å². The maximum atomic E-state index is 5.37. The van der Waals surface area contributed by atoms with Gasteiger partial charge in [0.1, 0.15) is 0 Å². The van der Waals surface area contributed by atoms with E-state index in [0.29, 0.717) is 0 Å². The molecule has 18 heavy (non-hydrogen) atoms. The van der Waals surface area contributed by atoms with Gasteiger partial charge in [0.05, 0.1) is 0 Å². The van der Waals surface area contributed by atoms with Gasteiger partial charge in [0.25, 0.3) is 0 Å². The number of piperidine rings is 1. The fraction of sp³-hybridized carbons (Fsp3) is 0.857. The Labute approximate surface area is 111 Å². The number of piperazine rings is 1. The van der Waals surface area contributed by atoms with Crippen molar-refractivity contribution in [3.63, 3.8) is 0 Å². The first-order chi connectivity index (χ1) is 8.79. The van der Waals surface area contributed by atoms with E-state index in [0.717, 1.165) is 12.5 Å². The summed E-state index contributed by atoms with van der Waals surface area (Å²) >= 11 is 0. The van der Waals surface area contributed by atoms with Crippen LogP contribution in [0, 0.1) is 0 Å². The third-order valence-corrected chi connectivity index (χ3v) is 4.36. The molecule has 0 unspecified atom stereocenters. The minimum Gasteiger partial charge on any atom is -0.405 e. The maximum absolute atomic E-state index is 5.37. The number of likely N-dealkylation sites (tertiary alicyclic amines) is 1. The van der Waals surface area contributed by atoms with Gasteiger partial charge in [0, 0.05) is 38.8 Å². The molecule has 0 radical (unpaired) electrons. The monoisotopic (exact) mass is 252 g/mol. The largest absolute Gasteiger partial charge is 0.405 e. The van der Waals surface area contributed by atoms with Crippen LogP contribution in [0.5, 0.6) is 0 Å². The summed E-state index contributed by atoms with van der Waals surface area (Å²) < 4.78 is 0. The van der Waals surface area contributed by atoms with Crippen molar-refractivity contribution in [3.05, 3.63) is 12.3 Å². The lowest BCUT2D eigenvalue weighted by Gasteiger charge is -2.42. The van der Waals surface area contributed by atoms with Crippen molar-refractivity contribution in [2.45, 2.75) is 25.3 Å². The van der Waals surface area contributed by atoms with Gasteiger partial charge in [-0.2, -0.15) is 0 Å². The molecule has 2 saturated heterocycles. The lowest BCUT2D eigenvalue weighted by Crippen LogP contribution is -2.52. The van der Waals surface area contributed by atoms with Gasteiger partial charge in [-0.15, -0.1) is 0 Å². The molecule has 0 saturated carbocycles. The van der Waals surface area contributed by atoms with E-state index < -0.39 is 0 Å². The van der Waals surface area contributed by atoms with E-state index in [1.807, 2.05) is 0 Å². The average molecular weight is 252 g/mol. The van der Waals surface area contributed by atoms with Crippen LogP contribution in [-0.2, 0) is 0 Å². The quantitative estimate of drug-likeness (QED) is 0.793. The summed E-state index contributed by atoms with van der Waals surface area (Å²) in [7, 11) is 2.23. The zero-order chi connectivity index (χ0) is 12.8. The van der Waals surface area contributed by atoms with Crippen molar-refractivity contribution in [2.24, 2.45) is 5.73 Å². The topological polar surface area (TPSA) is 35.7 Å². The molecule has 0 aromatic heterocycles. The van der Waals surface area contributed by atoms with Crippen molar-refractivity contribution >= 4 is 0 Å². The lowest BCUT2D eigenvalue weighted by molar-refractivity contribution is 0.0683. The molecule has 0 bridgehead atoms. The first-order valence-corrected chi connectivity index (χ1v) is 7.31. The predicted octanol–water partition coefficient (Wildman–Crippen LogP) is 0.561. The standard InChI is InChI=1S/C14H28N4/c1-16-10-12-18(13-11-16)14-4-8-17(9-5-14)7-3-2-6-15/h2,6,14H,3-5,7-13,15H2,1H3/b6-2+. The predicted molar refractivity (Wildman–Crippen MR) is 76.5 cm³/mol. The molecule has 2 aliphatic heterocycles. The lowest BCUT2D eigenvalue weighted by atomic mass is 10.0. The molecule has 2 N–H and O–H groups in total. The average Bonchev–Trinajstić information content (AvgIpc) is 2.41. The molecule has 2 heterocycles. The molecular formula is C14H28N4. The maximum Gasteiger partial charge on any atom is 0.0121 e. The molecule has 2 fully saturated rings. The number of hydrogen-bond donors (Lipinski definition) is 1. The summed E-state index contributed by atoms with van der Waals surface area (Å²) in [4.78, 5) is 7.72. The van der Waals surface area contributed by atoms with Crippen LogP contribution in [0.1, 0.15) is 19.3 Å². The van der Waals surface area contributed by atoms with Crippen LogP contribution in [0.2, 0.25) is 0 Å². The Morgan fingerprint density at radius 3 is 2.33 bits per heavy atom. The SMILES string of the molecule is CN1CCN(C2CCN(CC/C=C/N)CC2)CC1. The number of hydrogen-bond acceptors (Lipinski definition) is 4. The van der Waals surface area contributed by atoms with Gasteiger partial charge < -0.3 is 15.5 Å². The molecule has 4 heteroatoms. The first kappa shape index (κ1) is 13.8. The van der Waals surface area contributed by atoms with Crippen LogP contribution < -0.4 is 5.73 Å². The number of rotatable bonds is 4. The summed E-state index contributed by atoms with van der Waals surface area (Å²) in [6.45, 7) is 8.69. The Morgan fingerprint density at radius 1 is 1.06 bits per heavy atom. The van der Waals surface area contributed by atoms with E-state index in [1.165, 1.54) is 58.7 Å². The molecule has 0 spiro atoms. The zero-order valence-electron chi connectivity index (χ0n) is 11.7. The summed E-state index contributed by atoms with van der Waals surface area (Å²) in [5.41, 5.74) is 5.37. The van der Waals surface area contributed by atoms with Crippen molar-refractivity contribution < 1.29 is 0 Å². The molecule has 4 nitrogen and oxygen atoms in total. The van der Waals surface area contributed by atoms with Gasteiger partial charge in [-0.3, -0.25) is 4.90 Å². The molecule has 0 aromatic carbocycles. The molecule has 0 aromatic rings. The third kappa shape index (κ3) is 3.97. The van der Waals surface area contributed by atoms with Crippen LogP contribution >= 0.6 is 0 Å². The smallest absolute Gasteiger partial charge is 0.0121 e. The van der Waals surface area contributed by atoms with E-state index in [1.54, 1.807) is 6.20 Å². The van der Waals surface area contributed by atoms with Gasteiger partial charge >= 0.3 is 0 Å². The molecule has 0 atom stereocenters. The molecule has 0 amide bonds. The number of nitrogens with two attached hydrogens (primary N) is 1. The zero-order valence-corrected chi connectivity index (χ0v) is 11.7. The van der Waals surface area contributed by atoms with E-state index >= 15 is 0 Å². The van der Waals surface area contributed by atoms with Crippen LogP contribution in [0.3, 0.4) is 0 Å². The highest BCUT2D eigenvalue weighted by atomic mass is 15.3. The van der Waals surface area contributed by atoms with Crippen LogP contribution in [0.4, 0.5) is 0 Å². The highest BCUT2D eigenvalue weighted by Gasteiger charge is 2.26.